The maximum Gasteiger partial charge on any atom is 0.306 e. The maximum absolute atomic E-state index is 13.5. The highest BCUT2D eigenvalue weighted by molar-refractivity contribution is 5.80. The van der Waals surface area contributed by atoms with Crippen LogP contribution in [0.3, 0.4) is 0 Å². The van der Waals surface area contributed by atoms with Crippen molar-refractivity contribution in [2.45, 2.75) is 372 Å². The van der Waals surface area contributed by atoms with Crippen LogP contribution < -0.4 is 5.32 Å². The molecule has 1 amide bonds. The van der Waals surface area contributed by atoms with E-state index in [1.807, 2.05) is 6.08 Å². The van der Waals surface area contributed by atoms with E-state index in [9.17, 15) is 35.1 Å². The average molecular weight is 1170 g/mol. The van der Waals surface area contributed by atoms with Crippen molar-refractivity contribution >= 4 is 11.9 Å². The lowest BCUT2D eigenvalue weighted by Gasteiger charge is -2.41. The summed E-state index contributed by atoms with van der Waals surface area (Å²) in [5.41, 5.74) is 0. The van der Waals surface area contributed by atoms with Crippen molar-refractivity contribution in [3.05, 3.63) is 60.8 Å². The predicted octanol–water partition coefficient (Wildman–Crippen LogP) is 17.7. The van der Waals surface area contributed by atoms with Gasteiger partial charge in [0, 0.05) is 6.42 Å². The van der Waals surface area contributed by atoms with Crippen molar-refractivity contribution in [3.63, 3.8) is 0 Å². The number of ether oxygens (including phenoxy) is 3. The lowest BCUT2D eigenvalue weighted by atomic mass is 9.99. The SMILES string of the molecule is CCCCC/C=C\C/C=C\C/C=C\C/C=C\CCCCCCCCCCCC(=O)OC1C(OCC(NC(=O)C(O)CCCCCCCCCCCCCCCCCC)C(O)/C=C/CCCCCCCCCCCCC)OC(CO)C(O)C1O. The first-order valence-corrected chi connectivity index (χ1v) is 35.1. The van der Waals surface area contributed by atoms with E-state index in [2.05, 4.69) is 74.7 Å². The van der Waals surface area contributed by atoms with Gasteiger partial charge in [0.15, 0.2) is 12.4 Å². The Labute approximate surface area is 509 Å². The van der Waals surface area contributed by atoms with Gasteiger partial charge >= 0.3 is 5.97 Å². The average Bonchev–Trinajstić information content (AvgIpc) is 3.58. The number of nitrogens with one attached hydrogen (secondary N) is 1. The monoisotopic (exact) mass is 1170 g/mol. The number of hydrogen-bond donors (Lipinski definition) is 6. The molecule has 11 nitrogen and oxygen atoms in total. The van der Waals surface area contributed by atoms with Crippen LogP contribution in [0.15, 0.2) is 60.8 Å². The van der Waals surface area contributed by atoms with Gasteiger partial charge in [0.25, 0.3) is 0 Å². The molecule has 0 aromatic heterocycles. The molecule has 0 spiro atoms. The molecule has 83 heavy (non-hydrogen) atoms. The molecule has 0 aromatic carbocycles. The molecular formula is C72H131NO10. The molecule has 0 aliphatic carbocycles. The highest BCUT2D eigenvalue weighted by Crippen LogP contribution is 2.26. The normalized spacial score (nSPS) is 18.9. The fraction of sp³-hybridized carbons (Fsp3) is 0.833. The smallest absolute Gasteiger partial charge is 0.306 e. The minimum Gasteiger partial charge on any atom is -0.454 e. The van der Waals surface area contributed by atoms with Crippen molar-refractivity contribution in [2.75, 3.05) is 13.2 Å². The van der Waals surface area contributed by atoms with Gasteiger partial charge in [-0.25, -0.2) is 0 Å². The van der Waals surface area contributed by atoms with Crippen molar-refractivity contribution in [1.29, 1.82) is 0 Å². The first-order chi connectivity index (χ1) is 40.7. The van der Waals surface area contributed by atoms with Crippen LogP contribution in [0.4, 0.5) is 0 Å². The summed E-state index contributed by atoms with van der Waals surface area (Å²) in [6, 6.07) is -1.02. The summed E-state index contributed by atoms with van der Waals surface area (Å²) in [7, 11) is 0. The van der Waals surface area contributed by atoms with Crippen LogP contribution in [-0.2, 0) is 23.8 Å². The molecule has 1 aliphatic heterocycles. The highest BCUT2D eigenvalue weighted by atomic mass is 16.7. The molecule has 0 radical (unpaired) electrons. The first kappa shape index (κ1) is 78.4. The van der Waals surface area contributed by atoms with Gasteiger partial charge in [0.1, 0.15) is 24.4 Å². The quantitative estimate of drug-likeness (QED) is 0.0195. The Kier molecular flexibility index (Phi) is 56.4. The van der Waals surface area contributed by atoms with E-state index in [4.69, 9.17) is 14.2 Å². The number of unbranched alkanes of at least 4 members (excludes halogenated alkanes) is 38. The Balaban J connectivity index is 2.59. The van der Waals surface area contributed by atoms with Gasteiger partial charge in [0.2, 0.25) is 5.91 Å². The van der Waals surface area contributed by atoms with Crippen LogP contribution in [-0.4, -0.2) is 99.6 Å². The molecule has 1 fully saturated rings. The summed E-state index contributed by atoms with van der Waals surface area (Å²) >= 11 is 0. The maximum atomic E-state index is 13.5. The number of rotatable bonds is 60. The van der Waals surface area contributed by atoms with E-state index in [0.717, 1.165) is 89.9 Å². The molecule has 484 valence electrons. The topological polar surface area (TPSA) is 175 Å². The van der Waals surface area contributed by atoms with Gasteiger partial charge in [-0.1, -0.05) is 306 Å². The Morgan fingerprint density at radius 3 is 1.27 bits per heavy atom. The highest BCUT2D eigenvalue weighted by Gasteiger charge is 2.47. The first-order valence-electron chi connectivity index (χ1n) is 35.1. The van der Waals surface area contributed by atoms with Gasteiger partial charge < -0.3 is 45.1 Å². The number of carbonyl (C=O) groups excluding carboxylic acids is 2. The number of allylic oxidation sites excluding steroid dienone is 9. The molecule has 8 unspecified atom stereocenters. The number of aliphatic hydroxyl groups is 5. The Morgan fingerprint density at radius 1 is 0.470 bits per heavy atom. The largest absolute Gasteiger partial charge is 0.454 e. The minimum absolute atomic E-state index is 0.117. The molecule has 1 rings (SSSR count). The fourth-order valence-corrected chi connectivity index (χ4v) is 10.9. The summed E-state index contributed by atoms with van der Waals surface area (Å²) in [5.74, 6) is -1.19. The lowest BCUT2D eigenvalue weighted by molar-refractivity contribution is -0.305. The molecule has 1 aliphatic rings. The molecule has 8 atom stereocenters. The molecule has 0 bridgehead atoms. The third-order valence-electron chi connectivity index (χ3n) is 16.4. The number of carbonyl (C=O) groups is 2. The molecule has 0 saturated carbocycles. The number of hydrogen-bond acceptors (Lipinski definition) is 10. The Bertz CT molecular complexity index is 1580. The van der Waals surface area contributed by atoms with Gasteiger partial charge in [-0.2, -0.15) is 0 Å². The van der Waals surface area contributed by atoms with Crippen LogP contribution in [0.5, 0.6) is 0 Å². The molecule has 6 N–H and O–H groups in total. The molecule has 1 saturated heterocycles. The summed E-state index contributed by atoms with van der Waals surface area (Å²) in [4.78, 5) is 26.7. The Hall–Kier alpha value is -2.64. The summed E-state index contributed by atoms with van der Waals surface area (Å²) < 4.78 is 17.7. The Morgan fingerprint density at radius 2 is 0.831 bits per heavy atom. The molecule has 1 heterocycles. The molecule has 0 aromatic rings. The van der Waals surface area contributed by atoms with Crippen molar-refractivity contribution in [3.8, 4) is 0 Å². The zero-order chi connectivity index (χ0) is 60.3. The number of amides is 1. The second-order valence-corrected chi connectivity index (χ2v) is 24.3. The van der Waals surface area contributed by atoms with Crippen LogP contribution in [0.1, 0.15) is 323 Å². The van der Waals surface area contributed by atoms with Gasteiger partial charge in [-0.3, -0.25) is 9.59 Å². The zero-order valence-corrected chi connectivity index (χ0v) is 53.8. The summed E-state index contributed by atoms with van der Waals surface area (Å²) in [5, 5.41) is 57.2. The third kappa shape index (κ3) is 47.2. The van der Waals surface area contributed by atoms with Crippen molar-refractivity contribution in [2.24, 2.45) is 0 Å². The van der Waals surface area contributed by atoms with E-state index in [1.54, 1.807) is 6.08 Å². The van der Waals surface area contributed by atoms with E-state index < -0.39 is 67.4 Å². The van der Waals surface area contributed by atoms with E-state index in [1.165, 1.54) is 186 Å². The van der Waals surface area contributed by atoms with Crippen molar-refractivity contribution < 1.29 is 49.3 Å². The molecular weight excluding hydrogens is 1040 g/mol. The van der Waals surface area contributed by atoms with E-state index >= 15 is 0 Å². The standard InChI is InChI=1S/C72H131NO10/c1-4-7-10-13-16-19-22-25-27-29-30-31-32-33-34-35-36-37-39-42-45-48-51-54-57-60-67(77)83-70-69(79)68(78)66(61-74)82-72(70)81-62-63(64(75)58-55-52-49-46-43-40-24-21-18-15-12-9-6-3)73-71(80)65(76)59-56-53-50-47-44-41-38-28-26-23-20-17-14-11-8-5-2/h16,19,25,27,30-31,33-34,55,58,63-66,68-70,72,74-76,78-79H,4-15,17-18,20-24,26,28-29,32,35-54,56-57,59-62H2,1-3H3,(H,73,80)/b19-16-,27-25-,31-30-,34-33-,58-55+. The second-order valence-electron chi connectivity index (χ2n) is 24.3. The van der Waals surface area contributed by atoms with Gasteiger partial charge in [-0.05, 0) is 70.6 Å². The third-order valence-corrected chi connectivity index (χ3v) is 16.4. The number of aliphatic hydroxyl groups excluding tert-OH is 5. The number of esters is 1. The van der Waals surface area contributed by atoms with Gasteiger partial charge in [-0.15, -0.1) is 0 Å². The van der Waals surface area contributed by atoms with Gasteiger partial charge in [0.05, 0.1) is 25.4 Å². The molecule has 11 heteroatoms. The second kappa shape index (κ2) is 59.7. The van der Waals surface area contributed by atoms with Crippen LogP contribution in [0, 0.1) is 0 Å². The van der Waals surface area contributed by atoms with E-state index in [-0.39, 0.29) is 13.0 Å². The minimum atomic E-state index is -1.62. The fourth-order valence-electron chi connectivity index (χ4n) is 10.9. The zero-order valence-electron chi connectivity index (χ0n) is 53.8. The lowest BCUT2D eigenvalue weighted by Crippen LogP contribution is -2.61. The van der Waals surface area contributed by atoms with Crippen LogP contribution in [0.2, 0.25) is 0 Å². The summed E-state index contributed by atoms with van der Waals surface area (Å²) in [6.45, 7) is 5.80. The van der Waals surface area contributed by atoms with E-state index in [0.29, 0.717) is 19.3 Å². The summed E-state index contributed by atoms with van der Waals surface area (Å²) in [6.07, 6.45) is 65.4. The van der Waals surface area contributed by atoms with Crippen molar-refractivity contribution in [1.82, 2.24) is 5.32 Å². The van der Waals surface area contributed by atoms with Crippen LogP contribution >= 0.6 is 0 Å². The predicted molar refractivity (Wildman–Crippen MR) is 347 cm³/mol. The van der Waals surface area contributed by atoms with Crippen LogP contribution in [0.25, 0.3) is 0 Å².